The van der Waals surface area contributed by atoms with Crippen molar-refractivity contribution in [1.82, 2.24) is 14.8 Å². The highest BCUT2D eigenvalue weighted by Crippen LogP contribution is 2.27. The van der Waals surface area contributed by atoms with Gasteiger partial charge < -0.3 is 14.6 Å². The maximum atomic E-state index is 12.5. The molecule has 8 heteroatoms. The number of amides is 1. The number of aromatic nitrogens is 3. The molecule has 1 atom stereocenters. The zero-order valence-corrected chi connectivity index (χ0v) is 16.5. The van der Waals surface area contributed by atoms with E-state index in [1.165, 1.54) is 11.8 Å². The first kappa shape index (κ1) is 19.5. The Balaban J connectivity index is 1.70. The van der Waals surface area contributed by atoms with Crippen molar-refractivity contribution in [3.05, 3.63) is 54.1 Å². The number of anilines is 1. The molecule has 1 amide bonds. The van der Waals surface area contributed by atoms with Crippen molar-refractivity contribution in [2.75, 3.05) is 12.4 Å². The number of methoxy groups -OCH3 is 1. The van der Waals surface area contributed by atoms with Crippen LogP contribution < -0.4 is 10.1 Å². The monoisotopic (exact) mass is 393 g/mol. The van der Waals surface area contributed by atoms with E-state index in [0.29, 0.717) is 22.2 Å². The molecular weight excluding hydrogens is 374 g/mol. The van der Waals surface area contributed by atoms with Gasteiger partial charge in [0.25, 0.3) is 0 Å². The summed E-state index contributed by atoms with van der Waals surface area (Å²) in [6.07, 6.45) is 0. The summed E-state index contributed by atoms with van der Waals surface area (Å²) in [7, 11) is 3.48. The topological polar surface area (TPSA) is 92.8 Å². The Kier molecular flexibility index (Phi) is 5.96. The summed E-state index contributed by atoms with van der Waals surface area (Å²) in [5.74, 6) is 1.31. The van der Waals surface area contributed by atoms with Crippen molar-refractivity contribution in [3.8, 4) is 23.2 Å². The molecule has 142 valence electrons. The number of rotatable bonds is 6. The number of thioether (sulfide) groups is 1. The van der Waals surface area contributed by atoms with E-state index in [1.54, 1.807) is 38.3 Å². The van der Waals surface area contributed by atoms with Gasteiger partial charge in [0.2, 0.25) is 5.91 Å². The fraction of sp³-hybridized carbons (Fsp3) is 0.200. The van der Waals surface area contributed by atoms with Gasteiger partial charge >= 0.3 is 0 Å². The van der Waals surface area contributed by atoms with Gasteiger partial charge in [0, 0.05) is 18.3 Å². The van der Waals surface area contributed by atoms with Crippen LogP contribution in [0.4, 0.5) is 5.69 Å². The van der Waals surface area contributed by atoms with Gasteiger partial charge in [-0.3, -0.25) is 4.79 Å². The molecule has 0 radical (unpaired) electrons. The molecular formula is C20H19N5O2S. The highest BCUT2D eigenvalue weighted by Gasteiger charge is 2.19. The average molecular weight is 393 g/mol. The van der Waals surface area contributed by atoms with Crippen molar-refractivity contribution in [1.29, 1.82) is 5.26 Å². The third-order valence-corrected chi connectivity index (χ3v) is 5.23. The van der Waals surface area contributed by atoms with Gasteiger partial charge in [-0.05, 0) is 49.4 Å². The minimum atomic E-state index is -0.391. The largest absolute Gasteiger partial charge is 0.497 e. The molecule has 0 saturated heterocycles. The summed E-state index contributed by atoms with van der Waals surface area (Å²) in [5.41, 5.74) is 2.00. The molecule has 2 aromatic carbocycles. The molecule has 0 aliphatic rings. The van der Waals surface area contributed by atoms with Gasteiger partial charge in [0.1, 0.15) is 5.75 Å². The van der Waals surface area contributed by atoms with Crippen LogP contribution in [0.2, 0.25) is 0 Å². The van der Waals surface area contributed by atoms with Gasteiger partial charge in [-0.1, -0.05) is 17.8 Å². The molecule has 7 nitrogen and oxygen atoms in total. The Bertz CT molecular complexity index is 1020. The molecule has 3 rings (SSSR count). The summed E-state index contributed by atoms with van der Waals surface area (Å²) in [4.78, 5) is 12.5. The molecule has 0 spiro atoms. The van der Waals surface area contributed by atoms with E-state index in [0.717, 1.165) is 11.3 Å². The van der Waals surface area contributed by atoms with E-state index >= 15 is 0 Å². The molecule has 0 aliphatic carbocycles. The highest BCUT2D eigenvalue weighted by atomic mass is 32.2. The van der Waals surface area contributed by atoms with Crippen LogP contribution in [0, 0.1) is 11.3 Å². The number of hydrogen-bond acceptors (Lipinski definition) is 6. The molecule has 1 aromatic heterocycles. The van der Waals surface area contributed by atoms with E-state index in [4.69, 9.17) is 10.00 Å². The minimum Gasteiger partial charge on any atom is -0.497 e. The fourth-order valence-corrected chi connectivity index (χ4v) is 3.35. The standard InChI is InChI=1S/C20H19N5O2S/c1-13(19(26)22-16-6-4-5-14(11-16)12-21)28-20-24-23-18(25(20)2)15-7-9-17(27-3)10-8-15/h4-11,13H,1-3H3,(H,22,26)/t13-/m0/s1. The lowest BCUT2D eigenvalue weighted by molar-refractivity contribution is -0.115. The lowest BCUT2D eigenvalue weighted by atomic mass is 10.2. The zero-order valence-electron chi connectivity index (χ0n) is 15.7. The lowest BCUT2D eigenvalue weighted by Crippen LogP contribution is -2.22. The Labute approximate surface area is 167 Å². The van der Waals surface area contributed by atoms with Gasteiger partial charge in [0.15, 0.2) is 11.0 Å². The highest BCUT2D eigenvalue weighted by molar-refractivity contribution is 8.00. The van der Waals surface area contributed by atoms with Crippen molar-refractivity contribution in [3.63, 3.8) is 0 Å². The van der Waals surface area contributed by atoms with Gasteiger partial charge in [-0.15, -0.1) is 10.2 Å². The van der Waals surface area contributed by atoms with Gasteiger partial charge in [-0.2, -0.15) is 5.26 Å². The summed E-state index contributed by atoms with van der Waals surface area (Å²) >= 11 is 1.32. The van der Waals surface area contributed by atoms with Gasteiger partial charge in [0.05, 0.1) is 24.0 Å². The van der Waals surface area contributed by atoms with Crippen molar-refractivity contribution >= 4 is 23.4 Å². The molecule has 3 aromatic rings. The second kappa shape index (κ2) is 8.59. The first-order chi connectivity index (χ1) is 13.5. The summed E-state index contributed by atoms with van der Waals surface area (Å²) in [5, 5.41) is 20.5. The first-order valence-corrected chi connectivity index (χ1v) is 9.41. The second-order valence-corrected chi connectivity index (χ2v) is 7.34. The smallest absolute Gasteiger partial charge is 0.237 e. The van der Waals surface area contributed by atoms with Crippen LogP contribution in [0.3, 0.4) is 0 Å². The summed E-state index contributed by atoms with van der Waals surface area (Å²) in [6.45, 7) is 1.80. The van der Waals surface area contributed by atoms with Gasteiger partial charge in [-0.25, -0.2) is 0 Å². The average Bonchev–Trinajstić information content (AvgIpc) is 3.08. The van der Waals surface area contributed by atoms with Crippen LogP contribution in [-0.2, 0) is 11.8 Å². The lowest BCUT2D eigenvalue weighted by Gasteiger charge is -2.12. The third-order valence-electron chi connectivity index (χ3n) is 4.09. The van der Waals surface area contributed by atoms with E-state index in [-0.39, 0.29) is 5.91 Å². The third kappa shape index (κ3) is 4.32. The molecule has 0 aliphatic heterocycles. The molecule has 0 saturated carbocycles. The number of nitriles is 1. The number of hydrogen-bond donors (Lipinski definition) is 1. The van der Waals surface area contributed by atoms with Crippen LogP contribution >= 0.6 is 11.8 Å². The van der Waals surface area contributed by atoms with E-state index < -0.39 is 5.25 Å². The number of carbonyl (C=O) groups is 1. The molecule has 1 N–H and O–H groups in total. The predicted octanol–water partition coefficient (Wildman–Crippen LogP) is 3.48. The fourth-order valence-electron chi connectivity index (χ4n) is 2.53. The zero-order chi connectivity index (χ0) is 20.1. The Morgan fingerprint density at radius 3 is 2.68 bits per heavy atom. The van der Waals surface area contributed by atoms with Crippen LogP contribution in [0.5, 0.6) is 5.75 Å². The Morgan fingerprint density at radius 2 is 2.00 bits per heavy atom. The maximum Gasteiger partial charge on any atom is 0.237 e. The van der Waals surface area contributed by atoms with Crippen LogP contribution in [0.1, 0.15) is 12.5 Å². The minimum absolute atomic E-state index is 0.172. The summed E-state index contributed by atoms with van der Waals surface area (Å²) < 4.78 is 7.03. The van der Waals surface area contributed by atoms with E-state index in [1.807, 2.05) is 35.9 Å². The van der Waals surface area contributed by atoms with E-state index in [9.17, 15) is 4.79 Å². The quantitative estimate of drug-likeness (QED) is 0.645. The van der Waals surface area contributed by atoms with Crippen LogP contribution in [-0.4, -0.2) is 33.0 Å². The number of ether oxygens (including phenoxy) is 1. The first-order valence-electron chi connectivity index (χ1n) is 8.53. The second-order valence-electron chi connectivity index (χ2n) is 6.04. The molecule has 1 heterocycles. The number of carbonyl (C=O) groups excluding carboxylic acids is 1. The van der Waals surface area contributed by atoms with Crippen molar-refractivity contribution in [2.24, 2.45) is 7.05 Å². The van der Waals surface area contributed by atoms with Crippen LogP contribution in [0.15, 0.2) is 53.7 Å². The van der Waals surface area contributed by atoms with Crippen molar-refractivity contribution in [2.45, 2.75) is 17.3 Å². The number of nitrogens with zero attached hydrogens (tertiary/aromatic N) is 4. The molecule has 28 heavy (non-hydrogen) atoms. The van der Waals surface area contributed by atoms with Crippen molar-refractivity contribution < 1.29 is 9.53 Å². The maximum absolute atomic E-state index is 12.5. The molecule has 0 unspecified atom stereocenters. The number of benzene rings is 2. The normalized spacial score (nSPS) is 11.5. The predicted molar refractivity (Wildman–Crippen MR) is 108 cm³/mol. The Morgan fingerprint density at radius 1 is 1.25 bits per heavy atom. The SMILES string of the molecule is COc1ccc(-c2nnc(S[C@@H](C)C(=O)Nc3cccc(C#N)c3)n2C)cc1. The molecule has 0 bridgehead atoms. The van der Waals surface area contributed by atoms with E-state index in [2.05, 4.69) is 21.6 Å². The Hall–Kier alpha value is -3.31. The van der Waals surface area contributed by atoms with Crippen LogP contribution in [0.25, 0.3) is 11.4 Å². The summed E-state index contributed by atoms with van der Waals surface area (Å²) in [6, 6.07) is 16.4. The number of nitrogens with one attached hydrogen (secondary N) is 1. The molecule has 0 fully saturated rings.